The van der Waals surface area contributed by atoms with Crippen molar-refractivity contribution in [1.82, 2.24) is 25.1 Å². The topological polar surface area (TPSA) is 103 Å². The zero-order chi connectivity index (χ0) is 22.6. The van der Waals surface area contributed by atoms with Crippen molar-refractivity contribution in [2.75, 3.05) is 44.0 Å². The Morgan fingerprint density at radius 2 is 2.00 bits per heavy atom. The highest BCUT2D eigenvalue weighted by atomic mass is 32.2. The van der Waals surface area contributed by atoms with Gasteiger partial charge in [-0.25, -0.2) is 14.6 Å². The summed E-state index contributed by atoms with van der Waals surface area (Å²) in [5.41, 5.74) is 0.743. The van der Waals surface area contributed by atoms with Gasteiger partial charge in [0.15, 0.2) is 17.4 Å². The van der Waals surface area contributed by atoms with Gasteiger partial charge < -0.3 is 20.1 Å². The number of nitrogens with zero attached hydrogens (tertiary/aromatic N) is 4. The van der Waals surface area contributed by atoms with Crippen LogP contribution in [-0.2, 0) is 16.1 Å². The van der Waals surface area contributed by atoms with Crippen LogP contribution in [0.5, 0.6) is 5.75 Å². The van der Waals surface area contributed by atoms with Crippen LogP contribution in [0.1, 0.15) is 20.3 Å². The maximum Gasteiger partial charge on any atom is 0.258 e. The van der Waals surface area contributed by atoms with Crippen LogP contribution >= 0.6 is 11.8 Å². The number of rotatable bonds is 14. The smallest absolute Gasteiger partial charge is 0.258 e. The van der Waals surface area contributed by atoms with Gasteiger partial charge in [-0.1, -0.05) is 36.9 Å². The summed E-state index contributed by atoms with van der Waals surface area (Å²) >= 11 is 1.62. The first-order chi connectivity index (χ1) is 15.7. The highest BCUT2D eigenvalue weighted by Gasteiger charge is 2.13. The maximum atomic E-state index is 12.1. The molecule has 2 N–H and O–H groups in total. The standard InChI is InChI=1S/C22H30N6O3S/c1-3-14-32-22-26-20(24-11-13-30-4-2)18-15-25-28(21(18)27-22)12-10-23-19(29)16-31-17-8-6-5-7-9-17/h5-9,15H,3-4,10-14,16H2,1-2H3,(H,23,29)(H,24,26,27). The molecular weight excluding hydrogens is 428 g/mol. The summed E-state index contributed by atoms with van der Waals surface area (Å²) in [6, 6.07) is 9.26. The van der Waals surface area contributed by atoms with Crippen LogP contribution in [0.2, 0.25) is 0 Å². The van der Waals surface area contributed by atoms with E-state index in [4.69, 9.17) is 14.5 Å². The third-order valence-electron chi connectivity index (χ3n) is 4.41. The fourth-order valence-corrected chi connectivity index (χ4v) is 3.59. The molecule has 32 heavy (non-hydrogen) atoms. The van der Waals surface area contributed by atoms with Crippen LogP contribution in [0.4, 0.5) is 5.82 Å². The first-order valence-electron chi connectivity index (χ1n) is 10.8. The van der Waals surface area contributed by atoms with Gasteiger partial charge in [0.1, 0.15) is 11.6 Å². The molecule has 3 aromatic rings. The van der Waals surface area contributed by atoms with E-state index in [0.29, 0.717) is 43.8 Å². The number of ether oxygens (including phenoxy) is 2. The predicted molar refractivity (Wildman–Crippen MR) is 126 cm³/mol. The molecule has 1 amide bonds. The van der Waals surface area contributed by atoms with Gasteiger partial charge in [-0.3, -0.25) is 4.79 Å². The summed E-state index contributed by atoms with van der Waals surface area (Å²) in [5, 5.41) is 12.2. The molecule has 0 unspecified atom stereocenters. The number of hydrogen-bond acceptors (Lipinski definition) is 8. The predicted octanol–water partition coefficient (Wildman–Crippen LogP) is 2.97. The molecule has 0 aliphatic carbocycles. The van der Waals surface area contributed by atoms with Crippen LogP contribution in [0.25, 0.3) is 11.0 Å². The largest absolute Gasteiger partial charge is 0.484 e. The Kier molecular flexibility index (Phi) is 9.58. The first kappa shape index (κ1) is 23.8. The lowest BCUT2D eigenvalue weighted by atomic mass is 10.3. The quantitative estimate of drug-likeness (QED) is 0.216. The summed E-state index contributed by atoms with van der Waals surface area (Å²) in [6.45, 7) is 6.91. The lowest BCUT2D eigenvalue weighted by Gasteiger charge is -2.10. The van der Waals surface area contributed by atoms with Crippen molar-refractivity contribution in [2.24, 2.45) is 0 Å². The third-order valence-corrected chi connectivity index (χ3v) is 5.47. The lowest BCUT2D eigenvalue weighted by Crippen LogP contribution is -2.31. The Morgan fingerprint density at radius 1 is 1.16 bits per heavy atom. The van der Waals surface area contributed by atoms with E-state index in [1.165, 1.54) is 0 Å². The van der Waals surface area contributed by atoms with Gasteiger partial charge in [0, 0.05) is 25.4 Å². The van der Waals surface area contributed by atoms with E-state index >= 15 is 0 Å². The summed E-state index contributed by atoms with van der Waals surface area (Å²) in [5.74, 6) is 2.17. The first-order valence-corrected chi connectivity index (χ1v) is 11.8. The average Bonchev–Trinajstić information content (AvgIpc) is 3.23. The molecule has 9 nitrogen and oxygen atoms in total. The zero-order valence-electron chi connectivity index (χ0n) is 18.5. The van der Waals surface area contributed by atoms with Crippen molar-refractivity contribution >= 4 is 34.5 Å². The van der Waals surface area contributed by atoms with E-state index in [-0.39, 0.29) is 12.5 Å². The van der Waals surface area contributed by atoms with Gasteiger partial charge in [0.05, 0.1) is 24.7 Å². The minimum atomic E-state index is -0.183. The van der Waals surface area contributed by atoms with E-state index in [9.17, 15) is 4.79 Å². The van der Waals surface area contributed by atoms with Crippen molar-refractivity contribution in [2.45, 2.75) is 32.0 Å². The highest BCUT2D eigenvalue weighted by molar-refractivity contribution is 7.99. The number of nitrogens with one attached hydrogen (secondary N) is 2. The Bertz CT molecular complexity index is 982. The van der Waals surface area contributed by atoms with E-state index in [2.05, 4.69) is 27.6 Å². The van der Waals surface area contributed by atoms with Gasteiger partial charge in [-0.2, -0.15) is 5.10 Å². The Labute approximate surface area is 192 Å². The van der Waals surface area contributed by atoms with E-state index < -0.39 is 0 Å². The van der Waals surface area contributed by atoms with Gasteiger partial charge in [0.2, 0.25) is 0 Å². The summed E-state index contributed by atoms with van der Waals surface area (Å²) < 4.78 is 12.7. The molecule has 0 bridgehead atoms. The number of carbonyl (C=O) groups is 1. The highest BCUT2D eigenvalue weighted by Crippen LogP contribution is 2.24. The molecule has 2 heterocycles. The number of aromatic nitrogens is 4. The molecule has 10 heteroatoms. The van der Waals surface area contributed by atoms with E-state index in [1.54, 1.807) is 22.6 Å². The van der Waals surface area contributed by atoms with E-state index in [1.807, 2.05) is 37.3 Å². The van der Waals surface area contributed by atoms with Crippen molar-refractivity contribution in [3.63, 3.8) is 0 Å². The second-order valence-electron chi connectivity index (χ2n) is 6.88. The van der Waals surface area contributed by atoms with Crippen molar-refractivity contribution in [3.05, 3.63) is 36.5 Å². The molecule has 0 aliphatic heterocycles. The second kappa shape index (κ2) is 12.9. The number of para-hydroxylation sites is 1. The number of fused-ring (bicyclic) bond motifs is 1. The molecule has 0 radical (unpaired) electrons. The normalized spacial score (nSPS) is 10.9. The number of thioether (sulfide) groups is 1. The molecule has 0 spiro atoms. The summed E-state index contributed by atoms with van der Waals surface area (Å²) in [7, 11) is 0. The van der Waals surface area contributed by atoms with Crippen LogP contribution < -0.4 is 15.4 Å². The minimum absolute atomic E-state index is 0.0300. The SMILES string of the molecule is CCCSc1nc(NCCOCC)c2cnn(CCNC(=O)COc3ccccc3)c2n1. The molecule has 1 aromatic carbocycles. The van der Waals surface area contributed by atoms with Crippen LogP contribution in [0.3, 0.4) is 0 Å². The lowest BCUT2D eigenvalue weighted by molar-refractivity contribution is -0.123. The molecule has 0 saturated carbocycles. The minimum Gasteiger partial charge on any atom is -0.484 e. The molecule has 0 saturated heterocycles. The van der Waals surface area contributed by atoms with Crippen LogP contribution in [0, 0.1) is 0 Å². The van der Waals surface area contributed by atoms with Crippen molar-refractivity contribution < 1.29 is 14.3 Å². The second-order valence-corrected chi connectivity index (χ2v) is 7.95. The summed E-state index contributed by atoms with van der Waals surface area (Å²) in [4.78, 5) is 21.4. The number of anilines is 1. The average molecular weight is 459 g/mol. The fraction of sp³-hybridized carbons (Fsp3) is 0.455. The molecule has 0 aliphatic rings. The molecule has 172 valence electrons. The number of carbonyl (C=O) groups excluding carboxylic acids is 1. The fourth-order valence-electron chi connectivity index (χ4n) is 2.90. The number of amides is 1. The van der Waals surface area contributed by atoms with Gasteiger partial charge in [-0.05, 0) is 25.5 Å². The van der Waals surface area contributed by atoms with Gasteiger partial charge in [-0.15, -0.1) is 0 Å². The molecular formula is C22H30N6O3S. The Balaban J connectivity index is 1.60. The molecule has 0 atom stereocenters. The van der Waals surface area contributed by atoms with E-state index in [0.717, 1.165) is 29.0 Å². The van der Waals surface area contributed by atoms with Crippen LogP contribution in [0.15, 0.2) is 41.7 Å². The third kappa shape index (κ3) is 7.10. The van der Waals surface area contributed by atoms with Gasteiger partial charge in [0.25, 0.3) is 5.91 Å². The van der Waals surface area contributed by atoms with Gasteiger partial charge >= 0.3 is 0 Å². The van der Waals surface area contributed by atoms with Crippen molar-refractivity contribution in [1.29, 1.82) is 0 Å². The molecule has 2 aromatic heterocycles. The molecule has 3 rings (SSSR count). The number of benzene rings is 1. The zero-order valence-corrected chi connectivity index (χ0v) is 19.4. The van der Waals surface area contributed by atoms with Crippen molar-refractivity contribution in [3.8, 4) is 5.75 Å². The monoisotopic (exact) mass is 458 g/mol. The maximum absolute atomic E-state index is 12.1. The Morgan fingerprint density at radius 3 is 2.78 bits per heavy atom. The Hall–Kier alpha value is -2.85. The summed E-state index contributed by atoms with van der Waals surface area (Å²) in [6.07, 6.45) is 2.79. The molecule has 0 fully saturated rings. The van der Waals surface area contributed by atoms with Crippen LogP contribution in [-0.4, -0.2) is 64.3 Å². The number of hydrogen-bond donors (Lipinski definition) is 2.